The molecule has 0 aromatic heterocycles. The number of hydrogen-bond acceptors (Lipinski definition) is 5. The van der Waals surface area contributed by atoms with E-state index in [0.717, 1.165) is 30.4 Å². The summed E-state index contributed by atoms with van der Waals surface area (Å²) in [5.74, 6) is 1.16. The molecule has 1 aromatic carbocycles. The fourth-order valence-corrected chi connectivity index (χ4v) is 3.80. The van der Waals surface area contributed by atoms with Gasteiger partial charge in [0.15, 0.2) is 11.5 Å². The van der Waals surface area contributed by atoms with Gasteiger partial charge in [-0.3, -0.25) is 4.79 Å². The standard InChI is InChI=1S/C17H23BrN2O4/c1-22-11-17(2-4-19-5-3-17)10-20-16(21)12-8-13(18)15-14(9-12)23-6-7-24-15/h8-9,19H,2-7,10-11H2,1H3,(H,20,21). The van der Waals surface area contributed by atoms with Crippen molar-refractivity contribution in [2.45, 2.75) is 12.8 Å². The van der Waals surface area contributed by atoms with Crippen LogP contribution in [0, 0.1) is 5.41 Å². The van der Waals surface area contributed by atoms with Crippen LogP contribution >= 0.6 is 15.9 Å². The van der Waals surface area contributed by atoms with E-state index in [9.17, 15) is 4.79 Å². The van der Waals surface area contributed by atoms with E-state index in [1.807, 2.05) is 0 Å². The number of nitrogens with one attached hydrogen (secondary N) is 2. The van der Waals surface area contributed by atoms with Gasteiger partial charge in [0.2, 0.25) is 0 Å². The third-order valence-corrected chi connectivity index (χ3v) is 5.19. The van der Waals surface area contributed by atoms with Crippen molar-refractivity contribution >= 4 is 21.8 Å². The first-order chi connectivity index (χ1) is 11.6. The average Bonchev–Trinajstić information content (AvgIpc) is 2.61. The summed E-state index contributed by atoms with van der Waals surface area (Å²) in [5, 5.41) is 6.42. The van der Waals surface area contributed by atoms with Gasteiger partial charge in [0.1, 0.15) is 13.2 Å². The van der Waals surface area contributed by atoms with Gasteiger partial charge >= 0.3 is 0 Å². The first-order valence-electron chi connectivity index (χ1n) is 8.21. The summed E-state index contributed by atoms with van der Waals surface area (Å²) in [6, 6.07) is 3.51. The van der Waals surface area contributed by atoms with Crippen molar-refractivity contribution in [1.29, 1.82) is 0 Å². The molecule has 6 nitrogen and oxygen atoms in total. The predicted octanol–water partition coefficient (Wildman–Crippen LogP) is 1.97. The Balaban J connectivity index is 1.69. The number of benzene rings is 1. The Labute approximate surface area is 150 Å². The number of amides is 1. The number of rotatable bonds is 5. The number of piperidine rings is 1. The van der Waals surface area contributed by atoms with Crippen LogP contribution < -0.4 is 20.1 Å². The molecule has 24 heavy (non-hydrogen) atoms. The average molecular weight is 399 g/mol. The third kappa shape index (κ3) is 3.84. The Morgan fingerprint density at radius 2 is 2.08 bits per heavy atom. The number of ether oxygens (including phenoxy) is 3. The second-order valence-corrected chi connectivity index (χ2v) is 7.20. The second-order valence-electron chi connectivity index (χ2n) is 6.35. The van der Waals surface area contributed by atoms with Crippen molar-refractivity contribution < 1.29 is 19.0 Å². The maximum atomic E-state index is 12.6. The molecule has 1 amide bonds. The van der Waals surface area contributed by atoms with Crippen LogP contribution in [0.25, 0.3) is 0 Å². The molecule has 2 N–H and O–H groups in total. The lowest BCUT2D eigenvalue weighted by atomic mass is 9.79. The predicted molar refractivity (Wildman–Crippen MR) is 93.9 cm³/mol. The minimum absolute atomic E-state index is 0.000705. The molecule has 2 aliphatic rings. The highest BCUT2D eigenvalue weighted by Gasteiger charge is 2.32. The summed E-state index contributed by atoms with van der Waals surface area (Å²) in [5.41, 5.74) is 0.563. The molecule has 132 valence electrons. The second kappa shape index (κ2) is 7.72. The Morgan fingerprint density at radius 1 is 1.33 bits per heavy atom. The van der Waals surface area contributed by atoms with Gasteiger partial charge in [-0.25, -0.2) is 0 Å². The molecular weight excluding hydrogens is 376 g/mol. The van der Waals surface area contributed by atoms with Crippen molar-refractivity contribution in [3.63, 3.8) is 0 Å². The molecule has 3 rings (SSSR count). The van der Waals surface area contributed by atoms with Crippen LogP contribution in [0.15, 0.2) is 16.6 Å². The third-order valence-electron chi connectivity index (χ3n) is 4.60. The van der Waals surface area contributed by atoms with Crippen molar-refractivity contribution in [3.8, 4) is 11.5 Å². The molecule has 1 fully saturated rings. The molecule has 0 saturated carbocycles. The zero-order chi connectivity index (χ0) is 17.0. The maximum absolute atomic E-state index is 12.6. The lowest BCUT2D eigenvalue weighted by Crippen LogP contribution is -2.47. The smallest absolute Gasteiger partial charge is 0.251 e. The highest BCUT2D eigenvalue weighted by atomic mass is 79.9. The van der Waals surface area contributed by atoms with Gasteiger partial charge in [-0.15, -0.1) is 0 Å². The molecule has 1 aromatic rings. The molecule has 2 heterocycles. The molecule has 0 spiro atoms. The van der Waals surface area contributed by atoms with Gasteiger partial charge in [0.25, 0.3) is 5.91 Å². The minimum Gasteiger partial charge on any atom is -0.486 e. The Kier molecular flexibility index (Phi) is 5.63. The van der Waals surface area contributed by atoms with Crippen LogP contribution in [0.2, 0.25) is 0 Å². The van der Waals surface area contributed by atoms with Gasteiger partial charge in [-0.1, -0.05) is 0 Å². The van der Waals surface area contributed by atoms with Gasteiger partial charge in [0, 0.05) is 24.6 Å². The molecule has 1 saturated heterocycles. The number of carbonyl (C=O) groups is 1. The summed E-state index contributed by atoms with van der Waals surface area (Å²) in [6.45, 7) is 4.18. The molecule has 0 radical (unpaired) electrons. The SMILES string of the molecule is COCC1(CNC(=O)c2cc(Br)c3c(c2)OCCO3)CCNCC1. The van der Waals surface area contributed by atoms with Crippen molar-refractivity contribution in [3.05, 3.63) is 22.2 Å². The first-order valence-corrected chi connectivity index (χ1v) is 9.00. The Bertz CT molecular complexity index is 597. The van der Waals surface area contributed by atoms with E-state index >= 15 is 0 Å². The lowest BCUT2D eigenvalue weighted by Gasteiger charge is -2.37. The fraction of sp³-hybridized carbons (Fsp3) is 0.588. The van der Waals surface area contributed by atoms with Crippen LogP contribution in [0.5, 0.6) is 11.5 Å². The zero-order valence-corrected chi connectivity index (χ0v) is 15.4. The van der Waals surface area contributed by atoms with Gasteiger partial charge in [-0.2, -0.15) is 0 Å². The van der Waals surface area contributed by atoms with Crippen molar-refractivity contribution in [2.24, 2.45) is 5.41 Å². The van der Waals surface area contributed by atoms with Crippen LogP contribution in [0.1, 0.15) is 23.2 Å². The highest BCUT2D eigenvalue weighted by Crippen LogP contribution is 2.38. The number of hydrogen-bond donors (Lipinski definition) is 2. The normalized spacial score (nSPS) is 18.9. The van der Waals surface area contributed by atoms with E-state index in [1.54, 1.807) is 19.2 Å². The molecule has 2 aliphatic heterocycles. The van der Waals surface area contributed by atoms with Crippen LogP contribution in [0.3, 0.4) is 0 Å². The van der Waals surface area contributed by atoms with Crippen LogP contribution in [-0.4, -0.2) is 52.5 Å². The summed E-state index contributed by atoms with van der Waals surface area (Å²) in [4.78, 5) is 12.6. The van der Waals surface area contributed by atoms with E-state index in [2.05, 4.69) is 26.6 Å². The number of halogens is 1. The van der Waals surface area contributed by atoms with E-state index in [1.165, 1.54) is 0 Å². The Hall–Kier alpha value is -1.31. The zero-order valence-electron chi connectivity index (χ0n) is 13.8. The number of methoxy groups -OCH3 is 1. The van der Waals surface area contributed by atoms with E-state index in [4.69, 9.17) is 14.2 Å². The minimum atomic E-state index is -0.110. The van der Waals surface area contributed by atoms with Gasteiger partial charge in [-0.05, 0) is 54.0 Å². The van der Waals surface area contributed by atoms with Crippen molar-refractivity contribution in [2.75, 3.05) is 46.6 Å². The monoisotopic (exact) mass is 398 g/mol. The van der Waals surface area contributed by atoms with Crippen LogP contribution in [-0.2, 0) is 4.74 Å². The summed E-state index contributed by atoms with van der Waals surface area (Å²) in [6.07, 6.45) is 1.98. The number of carbonyl (C=O) groups excluding carboxylic acids is 1. The fourth-order valence-electron chi connectivity index (χ4n) is 3.25. The van der Waals surface area contributed by atoms with E-state index < -0.39 is 0 Å². The highest BCUT2D eigenvalue weighted by molar-refractivity contribution is 9.10. The summed E-state index contributed by atoms with van der Waals surface area (Å²) >= 11 is 3.45. The molecule has 0 atom stereocenters. The van der Waals surface area contributed by atoms with Gasteiger partial charge in [0.05, 0.1) is 11.1 Å². The van der Waals surface area contributed by atoms with E-state index in [-0.39, 0.29) is 11.3 Å². The topological polar surface area (TPSA) is 68.8 Å². The summed E-state index contributed by atoms with van der Waals surface area (Å²) < 4.78 is 17.3. The lowest BCUT2D eigenvalue weighted by molar-refractivity contribution is 0.0511. The Morgan fingerprint density at radius 3 is 2.83 bits per heavy atom. The summed E-state index contributed by atoms with van der Waals surface area (Å²) in [7, 11) is 1.71. The maximum Gasteiger partial charge on any atom is 0.251 e. The molecular formula is C17H23BrN2O4. The molecule has 0 bridgehead atoms. The number of fused-ring (bicyclic) bond motifs is 1. The quantitative estimate of drug-likeness (QED) is 0.793. The molecule has 0 unspecified atom stereocenters. The molecule has 0 aliphatic carbocycles. The van der Waals surface area contributed by atoms with Gasteiger partial charge < -0.3 is 24.8 Å². The first kappa shape index (κ1) is 17.5. The van der Waals surface area contributed by atoms with E-state index in [0.29, 0.717) is 43.4 Å². The van der Waals surface area contributed by atoms with Crippen molar-refractivity contribution in [1.82, 2.24) is 10.6 Å². The van der Waals surface area contributed by atoms with Crippen LogP contribution in [0.4, 0.5) is 0 Å². The molecule has 7 heteroatoms. The largest absolute Gasteiger partial charge is 0.486 e.